The van der Waals surface area contributed by atoms with E-state index in [4.69, 9.17) is 0 Å². The average molecular weight is 257 g/mol. The molecule has 0 fully saturated rings. The van der Waals surface area contributed by atoms with Gasteiger partial charge in [0.15, 0.2) is 0 Å². The number of benzene rings is 1. The fourth-order valence-corrected chi connectivity index (χ4v) is 1.65. The largest absolute Gasteiger partial charge is 0.322 e. The summed E-state index contributed by atoms with van der Waals surface area (Å²) in [5.74, 6) is -0.516. The minimum Gasteiger partial charge on any atom is -0.322 e. The Hall–Kier alpha value is -2.76. The van der Waals surface area contributed by atoms with Crippen molar-refractivity contribution in [3.05, 3.63) is 64.0 Å². The minimum atomic E-state index is -0.577. The lowest BCUT2D eigenvalue weighted by Crippen LogP contribution is -2.14. The zero-order chi connectivity index (χ0) is 13.8. The molecule has 6 heteroatoms. The maximum Gasteiger partial charge on any atom is 0.282 e. The highest BCUT2D eigenvalue weighted by Gasteiger charge is 2.19. The lowest BCUT2D eigenvalue weighted by atomic mass is 10.1. The maximum absolute atomic E-state index is 12.0. The van der Waals surface area contributed by atoms with Gasteiger partial charge in [-0.05, 0) is 25.1 Å². The summed E-state index contributed by atoms with van der Waals surface area (Å²) >= 11 is 0. The number of carbonyl (C=O) groups is 1. The van der Waals surface area contributed by atoms with Crippen molar-refractivity contribution in [1.29, 1.82) is 0 Å². The molecule has 96 valence electrons. The standard InChI is InChI=1S/C13H11N3O3/c1-9-8-10(6-7-14-9)15-13(17)11-4-2-3-5-12(11)16(18)19/h2-8H,1H3,(H,14,15,17). The van der Waals surface area contributed by atoms with Crippen molar-refractivity contribution >= 4 is 17.3 Å². The van der Waals surface area contributed by atoms with Gasteiger partial charge >= 0.3 is 0 Å². The highest BCUT2D eigenvalue weighted by molar-refractivity contribution is 6.07. The summed E-state index contributed by atoms with van der Waals surface area (Å²) in [6, 6.07) is 9.13. The number of rotatable bonds is 3. The molecule has 0 bridgehead atoms. The quantitative estimate of drug-likeness (QED) is 0.676. The molecule has 1 heterocycles. The Labute approximate surface area is 109 Å². The van der Waals surface area contributed by atoms with Crippen LogP contribution in [0.1, 0.15) is 16.1 Å². The van der Waals surface area contributed by atoms with Gasteiger partial charge in [0.1, 0.15) is 5.56 Å². The van der Waals surface area contributed by atoms with Crippen molar-refractivity contribution < 1.29 is 9.72 Å². The number of aromatic nitrogens is 1. The van der Waals surface area contributed by atoms with Crippen LogP contribution in [0.15, 0.2) is 42.6 Å². The van der Waals surface area contributed by atoms with E-state index in [2.05, 4.69) is 10.3 Å². The predicted octanol–water partition coefficient (Wildman–Crippen LogP) is 2.55. The highest BCUT2D eigenvalue weighted by atomic mass is 16.6. The van der Waals surface area contributed by atoms with E-state index in [1.54, 1.807) is 31.3 Å². The second-order valence-corrected chi connectivity index (χ2v) is 3.91. The topological polar surface area (TPSA) is 85.1 Å². The number of anilines is 1. The fourth-order valence-electron chi connectivity index (χ4n) is 1.65. The Morgan fingerprint density at radius 3 is 2.74 bits per heavy atom. The molecule has 1 aromatic carbocycles. The van der Waals surface area contributed by atoms with Crippen molar-refractivity contribution in [1.82, 2.24) is 4.98 Å². The summed E-state index contributed by atoms with van der Waals surface area (Å²) in [7, 11) is 0. The third kappa shape index (κ3) is 2.92. The monoisotopic (exact) mass is 257 g/mol. The molecule has 0 atom stereocenters. The molecule has 2 rings (SSSR count). The van der Waals surface area contributed by atoms with E-state index < -0.39 is 10.8 Å². The van der Waals surface area contributed by atoms with E-state index in [-0.39, 0.29) is 11.3 Å². The molecule has 0 radical (unpaired) electrons. The van der Waals surface area contributed by atoms with Gasteiger partial charge in [0.05, 0.1) is 4.92 Å². The number of carbonyl (C=O) groups excluding carboxylic acids is 1. The molecule has 6 nitrogen and oxygen atoms in total. The molecule has 1 N–H and O–H groups in total. The van der Waals surface area contributed by atoms with Crippen LogP contribution in [0.5, 0.6) is 0 Å². The van der Waals surface area contributed by atoms with Gasteiger partial charge in [0, 0.05) is 23.6 Å². The summed E-state index contributed by atoms with van der Waals surface area (Å²) in [4.78, 5) is 26.3. The van der Waals surface area contributed by atoms with Crippen molar-refractivity contribution in [3.63, 3.8) is 0 Å². The van der Waals surface area contributed by atoms with Crippen LogP contribution in [0.2, 0.25) is 0 Å². The van der Waals surface area contributed by atoms with Gasteiger partial charge in [-0.1, -0.05) is 12.1 Å². The smallest absolute Gasteiger partial charge is 0.282 e. The van der Waals surface area contributed by atoms with Crippen LogP contribution in [0.25, 0.3) is 0 Å². The Bertz CT molecular complexity index is 641. The first-order chi connectivity index (χ1) is 9.08. The number of hydrogen-bond acceptors (Lipinski definition) is 4. The van der Waals surface area contributed by atoms with Crippen molar-refractivity contribution in [2.45, 2.75) is 6.92 Å². The number of amides is 1. The van der Waals surface area contributed by atoms with Gasteiger partial charge in [-0.3, -0.25) is 19.9 Å². The van der Waals surface area contributed by atoms with Gasteiger partial charge in [0.2, 0.25) is 0 Å². The van der Waals surface area contributed by atoms with Crippen LogP contribution in [0.3, 0.4) is 0 Å². The summed E-state index contributed by atoms with van der Waals surface area (Å²) < 4.78 is 0. The molecule has 1 aromatic heterocycles. The zero-order valence-corrected chi connectivity index (χ0v) is 10.2. The van der Waals surface area contributed by atoms with Crippen molar-refractivity contribution in [2.24, 2.45) is 0 Å². The third-order valence-corrected chi connectivity index (χ3v) is 2.50. The van der Waals surface area contributed by atoms with Gasteiger partial charge in [0.25, 0.3) is 11.6 Å². The highest BCUT2D eigenvalue weighted by Crippen LogP contribution is 2.19. The van der Waals surface area contributed by atoms with Crippen LogP contribution < -0.4 is 5.32 Å². The Kier molecular flexibility index (Phi) is 3.51. The first-order valence-electron chi connectivity index (χ1n) is 5.55. The van der Waals surface area contributed by atoms with E-state index in [0.29, 0.717) is 5.69 Å². The maximum atomic E-state index is 12.0. The van der Waals surface area contributed by atoms with Crippen molar-refractivity contribution in [2.75, 3.05) is 5.32 Å². The normalized spacial score (nSPS) is 9.95. The molecule has 1 amide bonds. The number of pyridine rings is 1. The average Bonchev–Trinajstić information content (AvgIpc) is 2.38. The number of nitrogens with one attached hydrogen (secondary N) is 1. The van der Waals surface area contributed by atoms with E-state index in [0.717, 1.165) is 5.69 Å². The molecule has 0 saturated heterocycles. The first-order valence-corrected chi connectivity index (χ1v) is 5.55. The minimum absolute atomic E-state index is 0.0296. The van der Waals surface area contributed by atoms with Crippen LogP contribution in [0.4, 0.5) is 11.4 Å². The van der Waals surface area contributed by atoms with E-state index in [1.807, 2.05) is 0 Å². The van der Waals surface area contributed by atoms with Gasteiger partial charge in [-0.15, -0.1) is 0 Å². The first kappa shape index (κ1) is 12.7. The lowest BCUT2D eigenvalue weighted by molar-refractivity contribution is -0.385. The van der Waals surface area contributed by atoms with Crippen molar-refractivity contribution in [3.8, 4) is 0 Å². The molecule has 19 heavy (non-hydrogen) atoms. The summed E-state index contributed by atoms with van der Waals surface area (Å²) in [6.45, 7) is 1.79. The summed E-state index contributed by atoms with van der Waals surface area (Å²) in [6.07, 6.45) is 1.56. The van der Waals surface area contributed by atoms with Crippen LogP contribution in [-0.4, -0.2) is 15.8 Å². The van der Waals surface area contributed by atoms with E-state index in [9.17, 15) is 14.9 Å². The Morgan fingerprint density at radius 2 is 2.05 bits per heavy atom. The number of para-hydroxylation sites is 1. The number of hydrogen-bond donors (Lipinski definition) is 1. The molecular weight excluding hydrogens is 246 g/mol. The van der Waals surface area contributed by atoms with Gasteiger partial charge < -0.3 is 5.32 Å². The van der Waals surface area contributed by atoms with Crippen LogP contribution in [0, 0.1) is 17.0 Å². The molecule has 0 aliphatic heterocycles. The second kappa shape index (κ2) is 5.26. The number of aryl methyl sites for hydroxylation is 1. The van der Waals surface area contributed by atoms with E-state index in [1.165, 1.54) is 18.2 Å². The predicted molar refractivity (Wildman–Crippen MR) is 70.0 cm³/mol. The Balaban J connectivity index is 2.28. The zero-order valence-electron chi connectivity index (χ0n) is 10.2. The second-order valence-electron chi connectivity index (χ2n) is 3.91. The van der Waals surface area contributed by atoms with Crippen LogP contribution >= 0.6 is 0 Å². The molecule has 0 spiro atoms. The molecule has 0 unspecified atom stereocenters. The third-order valence-electron chi connectivity index (χ3n) is 2.50. The fraction of sp³-hybridized carbons (Fsp3) is 0.0769. The molecule has 2 aromatic rings. The SMILES string of the molecule is Cc1cc(NC(=O)c2ccccc2[N+](=O)[O-])ccn1. The van der Waals surface area contributed by atoms with Gasteiger partial charge in [-0.25, -0.2) is 0 Å². The molecule has 0 aliphatic rings. The molecular formula is C13H11N3O3. The number of nitrogens with zero attached hydrogens (tertiary/aromatic N) is 2. The Morgan fingerprint density at radius 1 is 1.32 bits per heavy atom. The lowest BCUT2D eigenvalue weighted by Gasteiger charge is -2.06. The number of nitro groups is 1. The molecule has 0 aliphatic carbocycles. The van der Waals surface area contributed by atoms with Crippen LogP contribution in [-0.2, 0) is 0 Å². The molecule has 0 saturated carbocycles. The summed E-state index contributed by atoms with van der Waals surface area (Å²) in [5, 5.41) is 13.5. The number of nitro benzene ring substituents is 1. The van der Waals surface area contributed by atoms with Gasteiger partial charge in [-0.2, -0.15) is 0 Å². The summed E-state index contributed by atoms with van der Waals surface area (Å²) in [5.41, 5.74) is 1.11. The van der Waals surface area contributed by atoms with E-state index >= 15 is 0 Å².